The highest BCUT2D eigenvalue weighted by molar-refractivity contribution is 7.22. The summed E-state index contributed by atoms with van der Waals surface area (Å²) in [6, 6.07) is 22.0. The molecule has 1 N–H and O–H groups in total. The molecule has 43 heavy (non-hydrogen) atoms. The Bertz CT molecular complexity index is 2020. The predicted octanol–water partition coefficient (Wildman–Crippen LogP) is 9.40. The average molecular weight is 610 g/mol. The van der Waals surface area contributed by atoms with Gasteiger partial charge in [0.2, 0.25) is 0 Å². The third-order valence-corrected chi connectivity index (χ3v) is 8.99. The zero-order chi connectivity index (χ0) is 30.6. The van der Waals surface area contributed by atoms with Crippen molar-refractivity contribution in [2.45, 2.75) is 46.3 Å². The Morgan fingerprint density at radius 3 is 2.40 bits per heavy atom. The van der Waals surface area contributed by atoms with E-state index in [0.717, 1.165) is 48.7 Å². The van der Waals surface area contributed by atoms with Gasteiger partial charge in [-0.15, -0.1) is 11.3 Å². The number of rotatable bonds is 6. The van der Waals surface area contributed by atoms with E-state index in [1.54, 1.807) is 0 Å². The van der Waals surface area contributed by atoms with E-state index < -0.39 is 17.7 Å². The molecule has 0 saturated heterocycles. The molecular formula is C35H32ClN3O3S. The summed E-state index contributed by atoms with van der Waals surface area (Å²) in [5.41, 5.74) is 8.41. The number of pyridine rings is 1. The molecule has 0 aliphatic rings. The van der Waals surface area contributed by atoms with Gasteiger partial charge in [0.1, 0.15) is 5.01 Å². The number of aromatic nitrogens is 3. The second-order valence-corrected chi connectivity index (χ2v) is 13.3. The maximum atomic E-state index is 12.6. The molecule has 0 spiro atoms. The smallest absolute Gasteiger partial charge is 0.337 e. The van der Waals surface area contributed by atoms with Crippen LogP contribution in [0.4, 0.5) is 0 Å². The molecule has 0 aliphatic heterocycles. The van der Waals surface area contributed by atoms with Crippen LogP contribution >= 0.6 is 22.9 Å². The molecule has 0 aliphatic carbocycles. The van der Waals surface area contributed by atoms with Gasteiger partial charge in [0.05, 0.1) is 21.5 Å². The number of fused-ring (bicyclic) bond motifs is 2. The van der Waals surface area contributed by atoms with Crippen LogP contribution in [0.15, 0.2) is 72.9 Å². The highest BCUT2D eigenvalue weighted by Gasteiger charge is 2.32. The number of aryl methyl sites for hydroxylation is 3. The number of thiazole rings is 1. The van der Waals surface area contributed by atoms with Crippen molar-refractivity contribution in [3.05, 3.63) is 94.8 Å². The van der Waals surface area contributed by atoms with Crippen LogP contribution in [-0.4, -0.2) is 31.2 Å². The molecule has 6 aromatic rings. The fraction of sp³-hybridized carbons (Fsp3) is 0.229. The van der Waals surface area contributed by atoms with Gasteiger partial charge in [-0.25, -0.2) is 9.78 Å². The molecule has 0 saturated carbocycles. The number of carbonyl (C=O) groups is 1. The van der Waals surface area contributed by atoms with Gasteiger partial charge in [0.15, 0.2) is 6.10 Å². The van der Waals surface area contributed by atoms with Gasteiger partial charge in [-0.05, 0) is 94.3 Å². The van der Waals surface area contributed by atoms with Gasteiger partial charge < -0.3 is 14.4 Å². The van der Waals surface area contributed by atoms with Crippen LogP contribution in [0.25, 0.3) is 54.1 Å². The first-order valence-corrected chi connectivity index (χ1v) is 15.2. The van der Waals surface area contributed by atoms with Crippen LogP contribution in [0.5, 0.6) is 0 Å². The predicted molar refractivity (Wildman–Crippen MR) is 176 cm³/mol. The van der Waals surface area contributed by atoms with Gasteiger partial charge in [-0.2, -0.15) is 0 Å². The summed E-state index contributed by atoms with van der Waals surface area (Å²) in [7, 11) is 2.07. The quantitative estimate of drug-likeness (QED) is 0.203. The minimum atomic E-state index is -1.16. The molecule has 3 aromatic heterocycles. The lowest BCUT2D eigenvalue weighted by Crippen LogP contribution is -2.28. The van der Waals surface area contributed by atoms with Crippen molar-refractivity contribution in [2.75, 3.05) is 0 Å². The molecule has 3 aromatic carbocycles. The lowest BCUT2D eigenvalue weighted by Gasteiger charge is -2.28. The lowest BCUT2D eigenvalue weighted by atomic mass is 9.91. The van der Waals surface area contributed by atoms with Crippen molar-refractivity contribution < 1.29 is 14.6 Å². The Morgan fingerprint density at radius 1 is 0.977 bits per heavy atom. The second kappa shape index (κ2) is 10.9. The molecule has 1 atom stereocenters. The Hall–Kier alpha value is -4.04. The van der Waals surface area contributed by atoms with Gasteiger partial charge in [-0.1, -0.05) is 29.8 Å². The van der Waals surface area contributed by atoms with E-state index in [9.17, 15) is 9.90 Å². The summed E-state index contributed by atoms with van der Waals surface area (Å²) < 4.78 is 9.22. The minimum Gasteiger partial charge on any atom is -0.479 e. The zero-order valence-electron chi connectivity index (χ0n) is 24.9. The molecule has 0 radical (unpaired) electrons. The fourth-order valence-electron chi connectivity index (χ4n) is 5.53. The number of hydrogen-bond donors (Lipinski definition) is 1. The second-order valence-electron chi connectivity index (χ2n) is 11.9. The highest BCUT2D eigenvalue weighted by atomic mass is 35.5. The SMILES string of the molecule is Cc1cc2nc(-c3ccnc(-c4ccc5c(c4)cc(C)n5C)c3)sc2c(-c2ccc(Cl)cc2)c1[C@H](OC(C)(C)C)C(=O)O. The number of benzene rings is 3. The maximum absolute atomic E-state index is 12.6. The molecule has 6 nitrogen and oxygen atoms in total. The lowest BCUT2D eigenvalue weighted by molar-refractivity contribution is -0.160. The number of carboxylic acid groups (broad SMARTS) is 1. The number of halogens is 1. The van der Waals surface area contributed by atoms with Gasteiger partial charge in [0, 0.05) is 57.1 Å². The summed E-state index contributed by atoms with van der Waals surface area (Å²) in [5.74, 6) is -1.04. The summed E-state index contributed by atoms with van der Waals surface area (Å²) in [6.07, 6.45) is 0.649. The van der Waals surface area contributed by atoms with Gasteiger partial charge >= 0.3 is 5.97 Å². The van der Waals surface area contributed by atoms with Crippen molar-refractivity contribution in [3.63, 3.8) is 0 Å². The molecule has 8 heteroatoms. The number of nitrogens with zero attached hydrogens (tertiary/aromatic N) is 3. The van der Waals surface area contributed by atoms with Crippen molar-refractivity contribution >= 4 is 50.0 Å². The first-order chi connectivity index (χ1) is 20.4. The normalized spacial score (nSPS) is 12.7. The Labute approximate surface area is 259 Å². The first-order valence-electron chi connectivity index (χ1n) is 14.0. The standard InChI is InChI=1S/C35H32ClN3O3S/c1-19-15-27-32(30(21-7-10-25(36)11-8-21)29(19)31(34(40)41)42-35(3,4)5)43-33(38-27)23-13-14-37-26(18-23)22-9-12-28-24(17-22)16-20(2)39(28)6/h7-18,31H,1-6H3,(H,40,41)/t31-/m0/s1. The Balaban J connectivity index is 1.52. The van der Waals surface area contributed by atoms with E-state index in [4.69, 9.17) is 21.3 Å². The Morgan fingerprint density at radius 2 is 1.70 bits per heavy atom. The van der Waals surface area contributed by atoms with Crippen LogP contribution in [-0.2, 0) is 16.6 Å². The first kappa shape index (κ1) is 29.1. The molecule has 3 heterocycles. The van der Waals surface area contributed by atoms with Crippen LogP contribution in [0.2, 0.25) is 5.02 Å². The molecule has 0 bridgehead atoms. The summed E-state index contributed by atoms with van der Waals surface area (Å²) in [5, 5.41) is 12.9. The Kier molecular flexibility index (Phi) is 7.37. The van der Waals surface area contributed by atoms with Crippen molar-refractivity contribution in [1.82, 2.24) is 14.5 Å². The van der Waals surface area contributed by atoms with E-state index in [2.05, 4.69) is 53.9 Å². The molecular weight excluding hydrogens is 578 g/mol. The van der Waals surface area contributed by atoms with Crippen molar-refractivity contribution in [3.8, 4) is 33.0 Å². The van der Waals surface area contributed by atoms with Crippen LogP contribution < -0.4 is 0 Å². The van der Waals surface area contributed by atoms with E-state index in [1.807, 2.05) is 70.3 Å². The number of hydrogen-bond acceptors (Lipinski definition) is 5. The zero-order valence-corrected chi connectivity index (χ0v) is 26.5. The molecule has 0 amide bonds. The van der Waals surface area contributed by atoms with Crippen molar-refractivity contribution in [2.24, 2.45) is 7.05 Å². The van der Waals surface area contributed by atoms with E-state index in [1.165, 1.54) is 27.9 Å². The summed E-state index contributed by atoms with van der Waals surface area (Å²) in [4.78, 5) is 22.4. The highest BCUT2D eigenvalue weighted by Crippen LogP contribution is 2.44. The molecule has 6 rings (SSSR count). The van der Waals surface area contributed by atoms with Crippen LogP contribution in [0.3, 0.4) is 0 Å². The number of ether oxygens (including phenoxy) is 1. The molecule has 0 unspecified atom stereocenters. The van der Waals surface area contributed by atoms with Gasteiger partial charge in [0.25, 0.3) is 0 Å². The average Bonchev–Trinajstić information content (AvgIpc) is 3.51. The fourth-order valence-corrected chi connectivity index (χ4v) is 6.78. The maximum Gasteiger partial charge on any atom is 0.337 e. The minimum absolute atomic E-state index is 0.605. The van der Waals surface area contributed by atoms with E-state index >= 15 is 0 Å². The molecule has 0 fully saturated rings. The summed E-state index contributed by atoms with van der Waals surface area (Å²) in [6.45, 7) is 9.61. The summed E-state index contributed by atoms with van der Waals surface area (Å²) >= 11 is 7.78. The van der Waals surface area contributed by atoms with Crippen molar-refractivity contribution in [1.29, 1.82) is 0 Å². The third-order valence-electron chi connectivity index (χ3n) is 7.60. The topological polar surface area (TPSA) is 77.2 Å². The largest absolute Gasteiger partial charge is 0.479 e. The van der Waals surface area contributed by atoms with Crippen LogP contribution in [0, 0.1) is 13.8 Å². The van der Waals surface area contributed by atoms with Gasteiger partial charge in [-0.3, -0.25) is 4.98 Å². The monoisotopic (exact) mass is 609 g/mol. The van der Waals surface area contributed by atoms with E-state index in [-0.39, 0.29) is 0 Å². The number of carboxylic acids is 1. The van der Waals surface area contributed by atoms with E-state index in [0.29, 0.717) is 10.6 Å². The third kappa shape index (κ3) is 5.56. The number of aliphatic carboxylic acids is 1. The van der Waals surface area contributed by atoms with Crippen LogP contribution in [0.1, 0.15) is 43.7 Å². The molecule has 218 valence electrons.